The van der Waals surface area contributed by atoms with Crippen LogP contribution in [-0.4, -0.2) is 5.96 Å². The van der Waals surface area contributed by atoms with Crippen LogP contribution in [-0.2, 0) is 0 Å². The molecule has 0 radical (unpaired) electrons. The number of benzene rings is 1. The Morgan fingerprint density at radius 2 is 2.23 bits per heavy atom. The minimum Gasteiger partial charge on any atom is -0.369 e. The molecule has 1 aromatic rings. The van der Waals surface area contributed by atoms with Crippen LogP contribution >= 0.6 is 15.9 Å². The number of hydrazine groups is 1. The molecule has 0 amide bonds. The van der Waals surface area contributed by atoms with E-state index in [0.29, 0.717) is 0 Å². The molecule has 1 rings (SSSR count). The summed E-state index contributed by atoms with van der Waals surface area (Å²) in [4.78, 5) is 4.05. The van der Waals surface area contributed by atoms with Crippen LogP contribution in [0.5, 0.6) is 0 Å². The molecule has 0 aliphatic carbocycles. The van der Waals surface area contributed by atoms with Crippen molar-refractivity contribution in [2.45, 2.75) is 6.92 Å². The van der Waals surface area contributed by atoms with Crippen LogP contribution in [0.3, 0.4) is 0 Å². The number of halogens is 1. The highest BCUT2D eigenvalue weighted by Gasteiger charge is 1.98. The molecule has 0 saturated carbocycles. The monoisotopic (exact) mass is 242 g/mol. The Labute approximate surface area is 85.1 Å². The number of guanidine groups is 1. The zero-order chi connectivity index (χ0) is 9.84. The zero-order valence-electron chi connectivity index (χ0n) is 7.21. The lowest BCUT2D eigenvalue weighted by Crippen LogP contribution is -2.36. The van der Waals surface area contributed by atoms with E-state index in [4.69, 9.17) is 11.6 Å². The number of aryl methyl sites for hydroxylation is 1. The summed E-state index contributed by atoms with van der Waals surface area (Å²) < 4.78 is 0.885. The number of nitrogens with two attached hydrogens (primary N) is 2. The molecule has 0 unspecified atom stereocenters. The molecular weight excluding hydrogens is 232 g/mol. The fourth-order valence-corrected chi connectivity index (χ4v) is 1.21. The van der Waals surface area contributed by atoms with E-state index in [0.717, 1.165) is 15.7 Å². The number of nitrogens with zero attached hydrogens (tertiary/aromatic N) is 1. The highest BCUT2D eigenvalue weighted by Crippen LogP contribution is 2.25. The first-order chi connectivity index (χ1) is 6.13. The summed E-state index contributed by atoms with van der Waals surface area (Å²) in [5.41, 5.74) is 9.56. The maximum Gasteiger partial charge on any atom is 0.208 e. The average molecular weight is 243 g/mol. The van der Waals surface area contributed by atoms with Crippen LogP contribution in [0.2, 0.25) is 0 Å². The Bertz CT molecular complexity index is 335. The first-order valence-electron chi connectivity index (χ1n) is 3.70. The smallest absolute Gasteiger partial charge is 0.208 e. The van der Waals surface area contributed by atoms with Crippen molar-refractivity contribution in [3.8, 4) is 0 Å². The molecular formula is C8H11BrN4. The van der Waals surface area contributed by atoms with Gasteiger partial charge in [0.05, 0.1) is 5.69 Å². The summed E-state index contributed by atoms with van der Waals surface area (Å²) in [5.74, 6) is 5.27. The van der Waals surface area contributed by atoms with Crippen LogP contribution in [0.25, 0.3) is 0 Å². The third kappa shape index (κ3) is 2.71. The second kappa shape index (κ2) is 4.25. The molecule has 0 aliphatic rings. The van der Waals surface area contributed by atoms with E-state index in [1.807, 2.05) is 25.1 Å². The fraction of sp³-hybridized carbons (Fsp3) is 0.125. The molecule has 5 heteroatoms. The summed E-state index contributed by atoms with van der Waals surface area (Å²) in [6.45, 7) is 1.98. The Morgan fingerprint density at radius 1 is 1.54 bits per heavy atom. The fourth-order valence-electron chi connectivity index (χ4n) is 0.870. The molecule has 0 aliphatic heterocycles. The Kier molecular flexibility index (Phi) is 3.27. The van der Waals surface area contributed by atoms with Crippen molar-refractivity contribution in [2.24, 2.45) is 16.6 Å². The van der Waals surface area contributed by atoms with Crippen LogP contribution in [0.15, 0.2) is 27.7 Å². The van der Waals surface area contributed by atoms with Gasteiger partial charge in [0, 0.05) is 4.47 Å². The zero-order valence-corrected chi connectivity index (χ0v) is 8.80. The standard InChI is InChI=1S/C8H11BrN4/c1-5-2-3-6(9)7(4-5)12-8(10)13-11/h2-4H,11H2,1H3,(H3,10,12,13). The maximum absolute atomic E-state index is 5.42. The van der Waals surface area contributed by atoms with E-state index in [2.05, 4.69) is 26.3 Å². The van der Waals surface area contributed by atoms with Crippen LogP contribution in [0.4, 0.5) is 5.69 Å². The molecule has 13 heavy (non-hydrogen) atoms. The maximum atomic E-state index is 5.42. The van der Waals surface area contributed by atoms with Gasteiger partial charge in [0.15, 0.2) is 0 Å². The van der Waals surface area contributed by atoms with Crippen LogP contribution < -0.4 is 17.0 Å². The Morgan fingerprint density at radius 3 is 2.85 bits per heavy atom. The van der Waals surface area contributed by atoms with E-state index >= 15 is 0 Å². The largest absolute Gasteiger partial charge is 0.369 e. The van der Waals surface area contributed by atoms with Crippen molar-refractivity contribution in [1.29, 1.82) is 0 Å². The van der Waals surface area contributed by atoms with Gasteiger partial charge in [-0.25, -0.2) is 10.8 Å². The normalized spacial score (nSPS) is 11.5. The molecule has 4 nitrogen and oxygen atoms in total. The Balaban J connectivity index is 3.07. The molecule has 70 valence electrons. The van der Waals surface area contributed by atoms with Crippen LogP contribution in [0, 0.1) is 6.92 Å². The van der Waals surface area contributed by atoms with E-state index in [1.165, 1.54) is 0 Å². The molecule has 1 aromatic carbocycles. The van der Waals surface area contributed by atoms with Crippen molar-refractivity contribution in [1.82, 2.24) is 5.43 Å². The quantitative estimate of drug-likeness (QED) is 0.300. The van der Waals surface area contributed by atoms with Crippen molar-refractivity contribution in [2.75, 3.05) is 0 Å². The van der Waals surface area contributed by atoms with Crippen LogP contribution in [0.1, 0.15) is 5.56 Å². The highest BCUT2D eigenvalue weighted by atomic mass is 79.9. The van der Waals surface area contributed by atoms with Crippen molar-refractivity contribution in [3.63, 3.8) is 0 Å². The second-order valence-corrected chi connectivity index (χ2v) is 3.45. The molecule has 0 fully saturated rings. The number of nitrogens with one attached hydrogen (secondary N) is 1. The second-order valence-electron chi connectivity index (χ2n) is 2.60. The first kappa shape index (κ1) is 10.0. The van der Waals surface area contributed by atoms with Gasteiger partial charge in [-0.2, -0.15) is 0 Å². The number of rotatable bonds is 1. The average Bonchev–Trinajstić information content (AvgIpc) is 2.11. The molecule has 0 bridgehead atoms. The molecule has 0 saturated heterocycles. The van der Waals surface area contributed by atoms with Gasteiger partial charge >= 0.3 is 0 Å². The summed E-state index contributed by atoms with van der Waals surface area (Å²) in [6.07, 6.45) is 0. The molecule has 0 aromatic heterocycles. The van der Waals surface area contributed by atoms with Gasteiger partial charge in [-0.3, -0.25) is 5.43 Å². The van der Waals surface area contributed by atoms with Gasteiger partial charge in [-0.05, 0) is 40.5 Å². The lowest BCUT2D eigenvalue weighted by molar-refractivity contribution is 1.01. The van der Waals surface area contributed by atoms with Gasteiger partial charge in [-0.1, -0.05) is 6.07 Å². The number of hydrogen-bond donors (Lipinski definition) is 3. The molecule has 0 spiro atoms. The molecule has 5 N–H and O–H groups in total. The lowest BCUT2D eigenvalue weighted by atomic mass is 10.2. The summed E-state index contributed by atoms with van der Waals surface area (Å²) in [5, 5.41) is 0. The topological polar surface area (TPSA) is 76.4 Å². The van der Waals surface area contributed by atoms with Crippen molar-refractivity contribution < 1.29 is 0 Å². The lowest BCUT2D eigenvalue weighted by Gasteiger charge is -2.02. The van der Waals surface area contributed by atoms with E-state index < -0.39 is 0 Å². The first-order valence-corrected chi connectivity index (χ1v) is 4.49. The molecule has 0 atom stereocenters. The SMILES string of the molecule is Cc1ccc(Br)c(N=C(N)NN)c1. The van der Waals surface area contributed by atoms with Gasteiger partial charge in [0.1, 0.15) is 0 Å². The number of aliphatic imine (C=N–C) groups is 1. The minimum atomic E-state index is 0.186. The van der Waals surface area contributed by atoms with E-state index in [-0.39, 0.29) is 5.96 Å². The predicted octanol–water partition coefficient (Wildman–Crippen LogP) is 1.17. The summed E-state index contributed by atoms with van der Waals surface area (Å²) >= 11 is 3.36. The third-order valence-electron chi connectivity index (χ3n) is 1.49. The summed E-state index contributed by atoms with van der Waals surface area (Å²) in [6, 6.07) is 5.81. The van der Waals surface area contributed by atoms with Gasteiger partial charge in [0.2, 0.25) is 5.96 Å². The van der Waals surface area contributed by atoms with E-state index in [9.17, 15) is 0 Å². The Hall–Kier alpha value is -1.07. The van der Waals surface area contributed by atoms with E-state index in [1.54, 1.807) is 0 Å². The van der Waals surface area contributed by atoms with Crippen molar-refractivity contribution in [3.05, 3.63) is 28.2 Å². The minimum absolute atomic E-state index is 0.186. The van der Waals surface area contributed by atoms with Crippen molar-refractivity contribution >= 4 is 27.6 Å². The summed E-state index contributed by atoms with van der Waals surface area (Å²) in [7, 11) is 0. The number of hydrogen-bond acceptors (Lipinski definition) is 2. The third-order valence-corrected chi connectivity index (χ3v) is 2.16. The van der Waals surface area contributed by atoms with Gasteiger partial charge in [-0.15, -0.1) is 0 Å². The van der Waals surface area contributed by atoms with Gasteiger partial charge in [0.25, 0.3) is 0 Å². The highest BCUT2D eigenvalue weighted by molar-refractivity contribution is 9.10. The van der Waals surface area contributed by atoms with Gasteiger partial charge < -0.3 is 5.73 Å². The molecule has 0 heterocycles. The predicted molar refractivity (Wildman–Crippen MR) is 57.5 cm³/mol.